The van der Waals surface area contributed by atoms with Crippen molar-refractivity contribution in [1.29, 1.82) is 0 Å². The second-order valence-electron chi connectivity index (χ2n) is 4.50. The number of hydrogen-bond donors (Lipinski definition) is 1. The number of sulfonamides is 1. The van der Waals surface area contributed by atoms with Gasteiger partial charge in [0.05, 0.1) is 5.75 Å². The Bertz CT molecular complexity index is 599. The van der Waals surface area contributed by atoms with E-state index in [1.165, 1.54) is 11.0 Å². The Labute approximate surface area is 115 Å². The average molecular weight is 305 g/mol. The van der Waals surface area contributed by atoms with Crippen molar-refractivity contribution in [2.45, 2.75) is 13.3 Å². The summed E-state index contributed by atoms with van der Waals surface area (Å²) in [6, 6.07) is 1.48. The van der Waals surface area contributed by atoms with Crippen molar-refractivity contribution >= 4 is 33.3 Å². The molecule has 7 nitrogen and oxygen atoms in total. The summed E-state index contributed by atoms with van der Waals surface area (Å²) >= 11 is 5.81. The molecule has 0 saturated carbocycles. The second-order valence-corrected chi connectivity index (χ2v) is 6.55. The van der Waals surface area contributed by atoms with Gasteiger partial charge in [-0.25, -0.2) is 23.5 Å². The molecule has 0 radical (unpaired) electrons. The van der Waals surface area contributed by atoms with Crippen LogP contribution in [0.15, 0.2) is 6.07 Å². The molecule has 0 aliphatic carbocycles. The lowest BCUT2D eigenvalue weighted by atomic mass is 10.1. The number of rotatable bonds is 3. The fraction of sp³-hybridized carbons (Fsp3) is 0.500. The molecule has 1 atom stereocenters. The van der Waals surface area contributed by atoms with Crippen molar-refractivity contribution < 1.29 is 13.2 Å². The van der Waals surface area contributed by atoms with Crippen LogP contribution in [0.5, 0.6) is 0 Å². The van der Waals surface area contributed by atoms with E-state index in [0.717, 1.165) is 0 Å². The first-order chi connectivity index (χ1) is 8.74. The van der Waals surface area contributed by atoms with E-state index < -0.39 is 10.0 Å². The maximum atomic E-state index is 11.9. The highest BCUT2D eigenvalue weighted by Crippen LogP contribution is 2.25. The summed E-state index contributed by atoms with van der Waals surface area (Å²) in [6.07, 6.45) is 0.136. The number of aryl methyl sites for hydroxylation is 1. The van der Waals surface area contributed by atoms with Gasteiger partial charge >= 0.3 is 0 Å². The van der Waals surface area contributed by atoms with Gasteiger partial charge in [-0.15, -0.1) is 0 Å². The van der Waals surface area contributed by atoms with E-state index in [0.29, 0.717) is 11.6 Å². The number of nitrogens with zero attached hydrogens (tertiary/aromatic N) is 3. The van der Waals surface area contributed by atoms with Gasteiger partial charge in [0.2, 0.25) is 15.9 Å². The predicted molar refractivity (Wildman–Crippen MR) is 70.2 cm³/mol. The molecule has 0 spiro atoms. The highest BCUT2D eigenvalue weighted by molar-refractivity contribution is 7.89. The highest BCUT2D eigenvalue weighted by Gasteiger charge is 2.33. The Hall–Kier alpha value is -1.25. The zero-order valence-corrected chi connectivity index (χ0v) is 11.8. The number of halogens is 1. The Morgan fingerprint density at radius 3 is 2.79 bits per heavy atom. The van der Waals surface area contributed by atoms with Gasteiger partial charge in [-0.05, 0) is 6.92 Å². The lowest BCUT2D eigenvalue weighted by molar-refractivity contribution is -0.117. The highest BCUT2D eigenvalue weighted by atomic mass is 35.5. The Morgan fingerprint density at radius 1 is 1.53 bits per heavy atom. The number of hydrogen-bond acceptors (Lipinski definition) is 5. The number of carbonyl (C=O) groups excluding carboxylic acids is 1. The van der Waals surface area contributed by atoms with Crippen LogP contribution in [-0.4, -0.2) is 36.6 Å². The normalized spacial score (nSPS) is 20.1. The number of nitrogens with two attached hydrogens (primary N) is 1. The van der Waals surface area contributed by atoms with Crippen LogP contribution in [0.3, 0.4) is 0 Å². The number of anilines is 1. The Kier molecular flexibility index (Phi) is 3.75. The fourth-order valence-electron chi connectivity index (χ4n) is 2.10. The third-order valence-electron chi connectivity index (χ3n) is 2.74. The van der Waals surface area contributed by atoms with E-state index in [-0.39, 0.29) is 35.7 Å². The van der Waals surface area contributed by atoms with Gasteiger partial charge in [0.25, 0.3) is 0 Å². The summed E-state index contributed by atoms with van der Waals surface area (Å²) < 4.78 is 22.1. The Balaban J connectivity index is 2.20. The molecule has 1 unspecified atom stereocenters. The molecular weight excluding hydrogens is 292 g/mol. The van der Waals surface area contributed by atoms with Crippen LogP contribution in [0.2, 0.25) is 5.15 Å². The number of aromatic nitrogens is 2. The predicted octanol–water partition coefficient (Wildman–Crippen LogP) is 0.0798. The van der Waals surface area contributed by atoms with E-state index in [1.54, 1.807) is 6.92 Å². The zero-order chi connectivity index (χ0) is 14.2. The van der Waals surface area contributed by atoms with E-state index in [1.807, 2.05) is 0 Å². The molecule has 1 fully saturated rings. The topological polar surface area (TPSA) is 106 Å². The molecule has 1 aromatic heterocycles. The minimum Gasteiger partial charge on any atom is -0.296 e. The summed E-state index contributed by atoms with van der Waals surface area (Å²) in [5.41, 5.74) is 0. The lowest BCUT2D eigenvalue weighted by Gasteiger charge is -2.15. The standard InChI is InChI=1S/C10H13ClN4O3S/c1-6-13-8(11)3-9(14-6)15-4-7(2-10(15)16)5-19(12,17)18/h3,7H,2,4-5H2,1H3,(H2,12,17,18). The van der Waals surface area contributed by atoms with Crippen LogP contribution in [0.25, 0.3) is 0 Å². The summed E-state index contributed by atoms with van der Waals surface area (Å²) in [4.78, 5) is 21.3. The first-order valence-electron chi connectivity index (χ1n) is 5.56. The average Bonchev–Trinajstić information content (AvgIpc) is 2.54. The van der Waals surface area contributed by atoms with Gasteiger partial charge in [0.15, 0.2) is 0 Å². The van der Waals surface area contributed by atoms with Gasteiger partial charge in [-0.3, -0.25) is 9.69 Å². The summed E-state index contributed by atoms with van der Waals surface area (Å²) in [5.74, 6) is 0.108. The minimum atomic E-state index is -3.59. The molecule has 2 heterocycles. The molecule has 0 bridgehead atoms. The first-order valence-corrected chi connectivity index (χ1v) is 7.66. The SMILES string of the molecule is Cc1nc(Cl)cc(N2CC(CS(N)(=O)=O)CC2=O)n1. The quantitative estimate of drug-likeness (QED) is 0.796. The van der Waals surface area contributed by atoms with Gasteiger partial charge in [-0.1, -0.05) is 11.6 Å². The maximum Gasteiger partial charge on any atom is 0.228 e. The summed E-state index contributed by atoms with van der Waals surface area (Å²) in [5, 5.41) is 5.23. The Morgan fingerprint density at radius 2 is 2.21 bits per heavy atom. The van der Waals surface area contributed by atoms with Gasteiger partial charge < -0.3 is 0 Å². The van der Waals surface area contributed by atoms with E-state index >= 15 is 0 Å². The monoisotopic (exact) mass is 304 g/mol. The number of carbonyl (C=O) groups is 1. The zero-order valence-electron chi connectivity index (χ0n) is 10.2. The lowest BCUT2D eigenvalue weighted by Crippen LogP contribution is -2.28. The van der Waals surface area contributed by atoms with Crippen LogP contribution in [-0.2, 0) is 14.8 Å². The number of amides is 1. The maximum absolute atomic E-state index is 11.9. The first kappa shape index (κ1) is 14.2. The molecule has 1 amide bonds. The molecule has 104 valence electrons. The molecule has 1 saturated heterocycles. The molecule has 1 aliphatic heterocycles. The van der Waals surface area contributed by atoms with E-state index in [2.05, 4.69) is 9.97 Å². The molecule has 0 aromatic carbocycles. The van der Waals surface area contributed by atoms with Crippen LogP contribution in [0.1, 0.15) is 12.2 Å². The molecule has 2 rings (SSSR count). The third kappa shape index (κ3) is 3.62. The van der Waals surface area contributed by atoms with Crippen molar-refractivity contribution in [3.8, 4) is 0 Å². The smallest absolute Gasteiger partial charge is 0.228 e. The van der Waals surface area contributed by atoms with Crippen molar-refractivity contribution in [3.05, 3.63) is 17.0 Å². The van der Waals surface area contributed by atoms with Crippen LogP contribution >= 0.6 is 11.6 Å². The minimum absolute atomic E-state index is 0.136. The van der Waals surface area contributed by atoms with Crippen molar-refractivity contribution in [3.63, 3.8) is 0 Å². The summed E-state index contributed by atoms with van der Waals surface area (Å²) in [7, 11) is -3.59. The molecular formula is C10H13ClN4O3S. The van der Waals surface area contributed by atoms with Crippen molar-refractivity contribution in [1.82, 2.24) is 9.97 Å². The van der Waals surface area contributed by atoms with Gasteiger partial charge in [-0.2, -0.15) is 0 Å². The van der Waals surface area contributed by atoms with Gasteiger partial charge in [0.1, 0.15) is 16.8 Å². The van der Waals surface area contributed by atoms with Crippen molar-refractivity contribution in [2.75, 3.05) is 17.2 Å². The molecule has 19 heavy (non-hydrogen) atoms. The molecule has 9 heteroatoms. The molecule has 1 aliphatic rings. The third-order valence-corrected chi connectivity index (χ3v) is 3.87. The fourth-order valence-corrected chi connectivity index (χ4v) is 3.20. The largest absolute Gasteiger partial charge is 0.296 e. The van der Waals surface area contributed by atoms with Gasteiger partial charge in [0, 0.05) is 24.9 Å². The molecule has 1 aromatic rings. The van der Waals surface area contributed by atoms with Crippen LogP contribution < -0.4 is 10.0 Å². The molecule has 2 N–H and O–H groups in total. The van der Waals surface area contributed by atoms with E-state index in [4.69, 9.17) is 16.7 Å². The van der Waals surface area contributed by atoms with E-state index in [9.17, 15) is 13.2 Å². The second kappa shape index (κ2) is 5.03. The van der Waals surface area contributed by atoms with Crippen molar-refractivity contribution in [2.24, 2.45) is 11.1 Å². The van der Waals surface area contributed by atoms with Crippen LogP contribution in [0, 0.1) is 12.8 Å². The summed E-state index contributed by atoms with van der Waals surface area (Å²) in [6.45, 7) is 1.93. The van der Waals surface area contributed by atoms with Crippen LogP contribution in [0.4, 0.5) is 5.82 Å². The number of primary sulfonamides is 1.